The second-order valence-electron chi connectivity index (χ2n) is 5.38. The van der Waals surface area contributed by atoms with Crippen molar-refractivity contribution in [3.05, 3.63) is 0 Å². The summed E-state index contributed by atoms with van der Waals surface area (Å²) in [5.74, 6) is -1.34. The molecule has 0 aromatic carbocycles. The Labute approximate surface area is 128 Å². The molecule has 0 aliphatic carbocycles. The standard InChI is InChI=1S/C15H32O6/c1-4-7-19-15(20-8-5-2,21-9-6-3)10-14(11-16,12-17)13-18/h16-18H,4-13H2,1-3H3. The van der Waals surface area contributed by atoms with Crippen LogP contribution in [0.25, 0.3) is 0 Å². The summed E-state index contributed by atoms with van der Waals surface area (Å²) in [7, 11) is 0. The van der Waals surface area contributed by atoms with E-state index in [1.54, 1.807) is 0 Å². The van der Waals surface area contributed by atoms with Crippen LogP contribution >= 0.6 is 0 Å². The van der Waals surface area contributed by atoms with Gasteiger partial charge in [-0.05, 0) is 19.3 Å². The van der Waals surface area contributed by atoms with Crippen molar-refractivity contribution in [2.24, 2.45) is 5.41 Å². The van der Waals surface area contributed by atoms with Crippen molar-refractivity contribution in [3.8, 4) is 0 Å². The van der Waals surface area contributed by atoms with E-state index in [9.17, 15) is 15.3 Å². The summed E-state index contributed by atoms with van der Waals surface area (Å²) < 4.78 is 17.3. The number of aliphatic hydroxyl groups is 3. The zero-order chi connectivity index (χ0) is 16.2. The largest absolute Gasteiger partial charge is 0.396 e. The number of rotatable bonds is 14. The molecule has 128 valence electrons. The van der Waals surface area contributed by atoms with E-state index in [1.807, 2.05) is 20.8 Å². The molecule has 0 amide bonds. The van der Waals surface area contributed by atoms with Crippen LogP contribution < -0.4 is 0 Å². The van der Waals surface area contributed by atoms with Crippen LogP contribution in [0.5, 0.6) is 0 Å². The predicted octanol–water partition coefficient (Wildman–Crippen LogP) is 1.27. The highest BCUT2D eigenvalue weighted by Crippen LogP contribution is 2.33. The van der Waals surface area contributed by atoms with Crippen LogP contribution in [0.3, 0.4) is 0 Å². The first-order chi connectivity index (χ1) is 10.1. The predicted molar refractivity (Wildman–Crippen MR) is 79.8 cm³/mol. The molecule has 0 saturated carbocycles. The summed E-state index contributed by atoms with van der Waals surface area (Å²) in [6.07, 6.45) is 2.44. The highest BCUT2D eigenvalue weighted by molar-refractivity contribution is 4.82. The molecule has 6 heteroatoms. The maximum atomic E-state index is 9.53. The number of ether oxygens (including phenoxy) is 3. The highest BCUT2D eigenvalue weighted by Gasteiger charge is 2.43. The maximum Gasteiger partial charge on any atom is 0.283 e. The molecule has 3 N–H and O–H groups in total. The molecule has 0 rings (SSSR count). The molecule has 0 fully saturated rings. The minimum atomic E-state index is -1.34. The second-order valence-corrected chi connectivity index (χ2v) is 5.38. The number of aliphatic hydroxyl groups excluding tert-OH is 3. The minimum absolute atomic E-state index is 0.0729. The molecule has 21 heavy (non-hydrogen) atoms. The Morgan fingerprint density at radius 3 is 1.24 bits per heavy atom. The molecule has 0 aliphatic rings. The average Bonchev–Trinajstić information content (AvgIpc) is 2.54. The van der Waals surface area contributed by atoms with E-state index in [-0.39, 0.29) is 26.2 Å². The third-order valence-corrected chi connectivity index (χ3v) is 3.18. The first-order valence-corrected chi connectivity index (χ1v) is 7.82. The topological polar surface area (TPSA) is 88.4 Å². The molecule has 0 bridgehead atoms. The third-order valence-electron chi connectivity index (χ3n) is 3.18. The van der Waals surface area contributed by atoms with E-state index in [0.717, 1.165) is 19.3 Å². The van der Waals surface area contributed by atoms with E-state index < -0.39 is 11.4 Å². The fraction of sp³-hybridized carbons (Fsp3) is 1.00. The van der Waals surface area contributed by atoms with Gasteiger partial charge in [0.1, 0.15) is 0 Å². The van der Waals surface area contributed by atoms with Crippen LogP contribution in [-0.2, 0) is 14.2 Å². The molecule has 0 saturated heterocycles. The summed E-state index contributed by atoms with van der Waals surface area (Å²) in [5, 5.41) is 28.6. The van der Waals surface area contributed by atoms with Crippen molar-refractivity contribution in [1.29, 1.82) is 0 Å². The van der Waals surface area contributed by atoms with Crippen LogP contribution in [0, 0.1) is 5.41 Å². The van der Waals surface area contributed by atoms with Crippen LogP contribution in [-0.4, -0.2) is 60.9 Å². The maximum absolute atomic E-state index is 9.53. The third kappa shape index (κ3) is 7.04. The van der Waals surface area contributed by atoms with Crippen molar-refractivity contribution >= 4 is 0 Å². The Balaban J connectivity index is 5.17. The van der Waals surface area contributed by atoms with Gasteiger partial charge in [0, 0.05) is 11.8 Å². The van der Waals surface area contributed by atoms with E-state index in [4.69, 9.17) is 14.2 Å². The van der Waals surface area contributed by atoms with Gasteiger partial charge in [0.2, 0.25) is 0 Å². The summed E-state index contributed by atoms with van der Waals surface area (Å²) in [5.41, 5.74) is -1.10. The van der Waals surface area contributed by atoms with E-state index in [0.29, 0.717) is 19.8 Å². The lowest BCUT2D eigenvalue weighted by molar-refractivity contribution is -0.395. The molecule has 0 heterocycles. The van der Waals surface area contributed by atoms with Gasteiger partial charge in [-0.3, -0.25) is 0 Å². The fourth-order valence-corrected chi connectivity index (χ4v) is 1.83. The van der Waals surface area contributed by atoms with Gasteiger partial charge in [-0.2, -0.15) is 0 Å². The number of hydrogen-bond donors (Lipinski definition) is 3. The normalized spacial score (nSPS) is 12.9. The molecule has 0 spiro atoms. The molecule has 0 atom stereocenters. The van der Waals surface area contributed by atoms with Gasteiger partial charge in [-0.15, -0.1) is 0 Å². The first kappa shape index (κ1) is 20.8. The van der Waals surface area contributed by atoms with E-state index in [1.165, 1.54) is 0 Å². The van der Waals surface area contributed by atoms with Gasteiger partial charge < -0.3 is 29.5 Å². The van der Waals surface area contributed by atoms with Crippen molar-refractivity contribution in [2.75, 3.05) is 39.6 Å². The zero-order valence-electron chi connectivity index (χ0n) is 13.6. The second kappa shape index (κ2) is 11.3. The lowest BCUT2D eigenvalue weighted by atomic mass is 9.86. The van der Waals surface area contributed by atoms with Crippen molar-refractivity contribution in [2.45, 2.75) is 52.4 Å². The monoisotopic (exact) mass is 308 g/mol. The van der Waals surface area contributed by atoms with Gasteiger partial charge in [0.25, 0.3) is 5.97 Å². The van der Waals surface area contributed by atoms with Crippen LogP contribution in [0.4, 0.5) is 0 Å². The molecule has 0 radical (unpaired) electrons. The molecular weight excluding hydrogens is 276 g/mol. The van der Waals surface area contributed by atoms with E-state index in [2.05, 4.69) is 0 Å². The summed E-state index contributed by atoms with van der Waals surface area (Å²) in [6, 6.07) is 0. The van der Waals surface area contributed by atoms with Gasteiger partial charge in [0.05, 0.1) is 39.6 Å². The highest BCUT2D eigenvalue weighted by atomic mass is 16.9. The molecule has 0 unspecified atom stereocenters. The Morgan fingerprint density at radius 2 is 1.00 bits per heavy atom. The Hall–Kier alpha value is -0.240. The van der Waals surface area contributed by atoms with Crippen molar-refractivity contribution in [3.63, 3.8) is 0 Å². The zero-order valence-corrected chi connectivity index (χ0v) is 13.6. The summed E-state index contributed by atoms with van der Waals surface area (Å²) in [4.78, 5) is 0. The Bertz CT molecular complexity index is 212. The van der Waals surface area contributed by atoms with Crippen LogP contribution in [0.1, 0.15) is 46.5 Å². The molecular formula is C15H32O6. The smallest absolute Gasteiger partial charge is 0.283 e. The van der Waals surface area contributed by atoms with Gasteiger partial charge in [-0.25, -0.2) is 0 Å². The van der Waals surface area contributed by atoms with Crippen LogP contribution in [0.15, 0.2) is 0 Å². The van der Waals surface area contributed by atoms with Gasteiger partial charge in [0.15, 0.2) is 0 Å². The van der Waals surface area contributed by atoms with Crippen molar-refractivity contribution < 1.29 is 29.5 Å². The molecule has 0 aliphatic heterocycles. The molecule has 6 nitrogen and oxygen atoms in total. The minimum Gasteiger partial charge on any atom is -0.396 e. The van der Waals surface area contributed by atoms with Crippen LogP contribution in [0.2, 0.25) is 0 Å². The summed E-state index contributed by atoms with van der Waals surface area (Å²) >= 11 is 0. The lowest BCUT2D eigenvalue weighted by Gasteiger charge is -2.40. The van der Waals surface area contributed by atoms with E-state index >= 15 is 0 Å². The average molecular weight is 308 g/mol. The SMILES string of the molecule is CCCOC(CC(CO)(CO)CO)(OCCC)OCCC. The summed E-state index contributed by atoms with van der Waals surface area (Å²) in [6.45, 7) is 6.11. The first-order valence-electron chi connectivity index (χ1n) is 7.82. The quantitative estimate of drug-likeness (QED) is 0.419. The number of hydrogen-bond acceptors (Lipinski definition) is 6. The van der Waals surface area contributed by atoms with Gasteiger partial charge in [-0.1, -0.05) is 20.8 Å². The molecule has 0 aromatic rings. The Morgan fingerprint density at radius 1 is 0.667 bits per heavy atom. The lowest BCUT2D eigenvalue weighted by Crippen LogP contribution is -2.49. The molecule has 0 aromatic heterocycles. The van der Waals surface area contributed by atoms with Gasteiger partial charge >= 0.3 is 0 Å². The van der Waals surface area contributed by atoms with Crippen molar-refractivity contribution in [1.82, 2.24) is 0 Å². The Kier molecular flexibility index (Phi) is 11.2. The fourth-order valence-electron chi connectivity index (χ4n) is 1.83.